The highest BCUT2D eigenvalue weighted by Crippen LogP contribution is 2.31. The largest absolute Gasteiger partial charge is 0.323 e. The maximum Gasteiger partial charge on any atom is 0.234 e. The molecule has 1 aromatic heterocycles. The topological polar surface area (TPSA) is 72.7 Å². The van der Waals surface area contributed by atoms with Crippen molar-refractivity contribution in [2.24, 2.45) is 0 Å². The van der Waals surface area contributed by atoms with E-state index in [-0.39, 0.29) is 17.3 Å². The lowest BCUT2D eigenvalue weighted by Gasteiger charge is -2.11. The molecule has 1 N–H and O–H groups in total. The van der Waals surface area contributed by atoms with Crippen molar-refractivity contribution in [3.63, 3.8) is 0 Å². The van der Waals surface area contributed by atoms with Gasteiger partial charge in [-0.15, -0.1) is 5.10 Å². The van der Waals surface area contributed by atoms with Crippen molar-refractivity contribution in [2.75, 3.05) is 11.1 Å². The second kappa shape index (κ2) is 7.27. The van der Waals surface area contributed by atoms with Crippen molar-refractivity contribution in [3.05, 3.63) is 29.0 Å². The number of halogens is 2. The molecule has 3 rings (SSSR count). The molecule has 0 atom stereocenters. The van der Waals surface area contributed by atoms with Gasteiger partial charge in [0.1, 0.15) is 5.82 Å². The summed E-state index contributed by atoms with van der Waals surface area (Å²) >= 11 is 7.04. The summed E-state index contributed by atoms with van der Waals surface area (Å²) in [5, 5.41) is 15.1. The second-order valence-corrected chi connectivity index (χ2v) is 6.68. The zero-order valence-corrected chi connectivity index (χ0v) is 13.8. The maximum absolute atomic E-state index is 13.6. The van der Waals surface area contributed by atoms with Gasteiger partial charge >= 0.3 is 0 Å². The Kier molecular flexibility index (Phi) is 5.12. The number of carbonyl (C=O) groups is 1. The molecule has 0 unspecified atom stereocenters. The average Bonchev–Trinajstić information content (AvgIpc) is 3.19. The van der Waals surface area contributed by atoms with Crippen LogP contribution in [0.15, 0.2) is 23.4 Å². The number of carbonyl (C=O) groups excluding carboxylic acids is 1. The summed E-state index contributed by atoms with van der Waals surface area (Å²) in [6.07, 6.45) is 4.45. The van der Waals surface area contributed by atoms with E-state index < -0.39 is 5.82 Å². The van der Waals surface area contributed by atoms with Gasteiger partial charge in [0.2, 0.25) is 11.1 Å². The number of anilines is 1. The molecule has 1 aliphatic carbocycles. The number of tetrazole rings is 1. The number of rotatable bonds is 5. The lowest BCUT2D eigenvalue weighted by Crippen LogP contribution is -2.16. The summed E-state index contributed by atoms with van der Waals surface area (Å²) in [4.78, 5) is 12.0. The third-order valence-electron chi connectivity index (χ3n) is 3.67. The predicted molar refractivity (Wildman–Crippen MR) is 86.1 cm³/mol. The van der Waals surface area contributed by atoms with E-state index in [1.54, 1.807) is 4.68 Å². The van der Waals surface area contributed by atoms with Gasteiger partial charge < -0.3 is 5.32 Å². The van der Waals surface area contributed by atoms with E-state index in [9.17, 15) is 9.18 Å². The molecule has 0 bridgehead atoms. The van der Waals surface area contributed by atoms with Gasteiger partial charge in [-0.1, -0.05) is 36.2 Å². The molecule has 1 aliphatic rings. The maximum atomic E-state index is 13.6. The van der Waals surface area contributed by atoms with Gasteiger partial charge in [-0.3, -0.25) is 4.79 Å². The van der Waals surface area contributed by atoms with Crippen LogP contribution in [0.4, 0.5) is 10.1 Å². The van der Waals surface area contributed by atoms with Crippen molar-refractivity contribution < 1.29 is 9.18 Å². The minimum Gasteiger partial charge on any atom is -0.323 e. The third kappa shape index (κ3) is 4.00. The highest BCUT2D eigenvalue weighted by atomic mass is 35.5. The highest BCUT2D eigenvalue weighted by molar-refractivity contribution is 7.99. The van der Waals surface area contributed by atoms with Gasteiger partial charge in [-0.2, -0.15) is 0 Å². The third-order valence-corrected chi connectivity index (χ3v) is 4.84. The van der Waals surface area contributed by atoms with Gasteiger partial charge in [-0.25, -0.2) is 9.07 Å². The van der Waals surface area contributed by atoms with Gasteiger partial charge in [0, 0.05) is 5.02 Å². The minimum atomic E-state index is -0.525. The number of amides is 1. The minimum absolute atomic E-state index is 0.0680. The van der Waals surface area contributed by atoms with Crippen LogP contribution in [0.25, 0.3) is 0 Å². The molecule has 122 valence electrons. The first-order chi connectivity index (χ1) is 11.1. The van der Waals surface area contributed by atoms with Crippen LogP contribution in [0.5, 0.6) is 0 Å². The summed E-state index contributed by atoms with van der Waals surface area (Å²) in [6.45, 7) is 0. The molecule has 1 fully saturated rings. The SMILES string of the molecule is O=C(CSc1nnnn1C1CCCC1)Nc1cc(Cl)ccc1F. The molecular weight excluding hydrogens is 341 g/mol. The molecule has 1 amide bonds. The molecule has 1 saturated carbocycles. The van der Waals surface area contributed by atoms with Crippen molar-refractivity contribution in [2.45, 2.75) is 36.9 Å². The summed E-state index contributed by atoms with van der Waals surface area (Å²) in [7, 11) is 0. The van der Waals surface area contributed by atoms with E-state index in [0.29, 0.717) is 16.2 Å². The Balaban J connectivity index is 1.59. The van der Waals surface area contributed by atoms with Crippen LogP contribution in [-0.4, -0.2) is 31.9 Å². The molecule has 2 aromatic rings. The molecular formula is C14H15ClFN5OS. The first-order valence-corrected chi connectivity index (χ1v) is 8.65. The Bertz CT molecular complexity index is 704. The Morgan fingerprint density at radius 2 is 2.22 bits per heavy atom. The number of hydrogen-bond acceptors (Lipinski definition) is 5. The van der Waals surface area contributed by atoms with E-state index in [0.717, 1.165) is 12.8 Å². The summed E-state index contributed by atoms with van der Waals surface area (Å²) in [5.41, 5.74) is 0.0680. The molecule has 23 heavy (non-hydrogen) atoms. The molecule has 0 radical (unpaired) electrons. The first kappa shape index (κ1) is 16.2. The fraction of sp³-hybridized carbons (Fsp3) is 0.429. The zero-order chi connectivity index (χ0) is 16.2. The smallest absolute Gasteiger partial charge is 0.234 e. The standard InChI is InChI=1S/C14H15ClFN5OS/c15-9-5-6-11(16)12(7-9)17-13(22)8-23-14-18-19-20-21(14)10-3-1-2-4-10/h5-7,10H,1-4,8H2,(H,17,22). The Morgan fingerprint density at radius 1 is 1.43 bits per heavy atom. The van der Waals surface area contributed by atoms with Crippen LogP contribution in [0.2, 0.25) is 5.02 Å². The average molecular weight is 356 g/mol. The van der Waals surface area contributed by atoms with Gasteiger partial charge in [0.25, 0.3) is 0 Å². The Morgan fingerprint density at radius 3 is 3.00 bits per heavy atom. The summed E-state index contributed by atoms with van der Waals surface area (Å²) < 4.78 is 15.4. The normalized spacial score (nSPS) is 15.0. The molecule has 0 saturated heterocycles. The van der Waals surface area contributed by atoms with Crippen LogP contribution >= 0.6 is 23.4 Å². The summed E-state index contributed by atoms with van der Waals surface area (Å²) in [6, 6.07) is 4.33. The number of benzene rings is 1. The van der Waals surface area contributed by atoms with E-state index in [4.69, 9.17) is 11.6 Å². The van der Waals surface area contributed by atoms with E-state index >= 15 is 0 Å². The van der Waals surface area contributed by atoms with Crippen LogP contribution in [-0.2, 0) is 4.79 Å². The number of hydrogen-bond donors (Lipinski definition) is 1. The molecule has 1 heterocycles. The van der Waals surface area contributed by atoms with Crippen LogP contribution in [0.1, 0.15) is 31.7 Å². The van der Waals surface area contributed by atoms with Gasteiger partial charge in [-0.05, 0) is 41.5 Å². The van der Waals surface area contributed by atoms with E-state index in [2.05, 4.69) is 20.8 Å². The number of aromatic nitrogens is 4. The van der Waals surface area contributed by atoms with E-state index in [1.807, 2.05) is 0 Å². The quantitative estimate of drug-likeness (QED) is 0.833. The van der Waals surface area contributed by atoms with Crippen LogP contribution in [0, 0.1) is 5.82 Å². The number of thioether (sulfide) groups is 1. The second-order valence-electron chi connectivity index (χ2n) is 5.31. The molecule has 1 aromatic carbocycles. The number of nitrogens with zero attached hydrogens (tertiary/aromatic N) is 4. The fourth-order valence-electron chi connectivity index (χ4n) is 2.57. The Labute approximate surface area is 141 Å². The van der Waals surface area contributed by atoms with Gasteiger partial charge in [0.15, 0.2) is 0 Å². The predicted octanol–water partition coefficient (Wildman–Crippen LogP) is 3.31. The zero-order valence-electron chi connectivity index (χ0n) is 12.2. The molecule has 9 heteroatoms. The van der Waals surface area contributed by atoms with Gasteiger partial charge in [0.05, 0.1) is 17.5 Å². The summed E-state index contributed by atoms with van der Waals surface area (Å²) in [5.74, 6) is -0.764. The van der Waals surface area contributed by atoms with Crippen LogP contribution in [0.3, 0.4) is 0 Å². The molecule has 0 spiro atoms. The molecule has 6 nitrogen and oxygen atoms in total. The fourth-order valence-corrected chi connectivity index (χ4v) is 3.48. The lowest BCUT2D eigenvalue weighted by atomic mass is 10.3. The first-order valence-electron chi connectivity index (χ1n) is 7.29. The van der Waals surface area contributed by atoms with E-state index in [1.165, 1.54) is 42.8 Å². The highest BCUT2D eigenvalue weighted by Gasteiger charge is 2.22. The van der Waals surface area contributed by atoms with Crippen molar-refractivity contribution in [1.82, 2.24) is 20.2 Å². The monoisotopic (exact) mass is 355 g/mol. The van der Waals surface area contributed by atoms with Crippen molar-refractivity contribution >= 4 is 35.0 Å². The van der Waals surface area contributed by atoms with Crippen molar-refractivity contribution in [3.8, 4) is 0 Å². The molecule has 0 aliphatic heterocycles. The van der Waals surface area contributed by atoms with Crippen molar-refractivity contribution in [1.29, 1.82) is 0 Å². The van der Waals surface area contributed by atoms with Crippen LogP contribution < -0.4 is 5.32 Å². The number of nitrogens with one attached hydrogen (secondary N) is 1. The Hall–Kier alpha value is -1.67. The lowest BCUT2D eigenvalue weighted by molar-refractivity contribution is -0.113.